The number of carbonyl (C=O) groups excluding carboxylic acids is 1. The van der Waals surface area contributed by atoms with Gasteiger partial charge in [0.1, 0.15) is 0 Å². The molecular formula is C20H26F3N3O4. The average molecular weight is 429 g/mol. The Kier molecular flexibility index (Phi) is 7.30. The summed E-state index contributed by atoms with van der Waals surface area (Å²) in [6.45, 7) is 4.81. The van der Waals surface area contributed by atoms with Crippen molar-refractivity contribution in [3.63, 3.8) is 0 Å². The van der Waals surface area contributed by atoms with Crippen LogP contribution in [-0.2, 0) is 20.9 Å². The summed E-state index contributed by atoms with van der Waals surface area (Å²) >= 11 is 0. The molecule has 0 unspecified atom stereocenters. The summed E-state index contributed by atoms with van der Waals surface area (Å²) in [6, 6.07) is 6.06. The number of carbonyl (C=O) groups is 2. The molecule has 7 nitrogen and oxygen atoms in total. The highest BCUT2D eigenvalue weighted by Gasteiger charge is 2.42. The predicted molar refractivity (Wildman–Crippen MR) is 100 cm³/mol. The lowest BCUT2D eigenvalue weighted by molar-refractivity contribution is -0.192. The Balaban J connectivity index is 0.000000318. The number of nitrogens with zero attached hydrogens (tertiary/aromatic N) is 3. The van der Waals surface area contributed by atoms with Crippen molar-refractivity contribution >= 4 is 11.9 Å². The van der Waals surface area contributed by atoms with Gasteiger partial charge in [0.25, 0.3) is 0 Å². The van der Waals surface area contributed by atoms with E-state index in [1.165, 1.54) is 0 Å². The highest BCUT2D eigenvalue weighted by atomic mass is 19.4. The molecule has 1 N–H and O–H groups in total. The van der Waals surface area contributed by atoms with Gasteiger partial charge in [-0.1, -0.05) is 6.07 Å². The van der Waals surface area contributed by atoms with E-state index < -0.39 is 12.1 Å². The lowest BCUT2D eigenvalue weighted by Crippen LogP contribution is -2.32. The summed E-state index contributed by atoms with van der Waals surface area (Å²) < 4.78 is 37.9. The minimum Gasteiger partial charge on any atom is -0.475 e. The van der Waals surface area contributed by atoms with Gasteiger partial charge in [0.15, 0.2) is 0 Å². The van der Waals surface area contributed by atoms with E-state index in [-0.39, 0.29) is 12.0 Å². The number of hydrogen-bond acceptors (Lipinski definition) is 5. The van der Waals surface area contributed by atoms with Crippen molar-refractivity contribution in [2.45, 2.75) is 50.6 Å². The second-order valence-corrected chi connectivity index (χ2v) is 7.90. The zero-order valence-corrected chi connectivity index (χ0v) is 16.6. The minimum atomic E-state index is -5.08. The second kappa shape index (κ2) is 9.74. The van der Waals surface area contributed by atoms with Gasteiger partial charge in [-0.25, -0.2) is 4.79 Å². The van der Waals surface area contributed by atoms with Crippen molar-refractivity contribution < 1.29 is 32.6 Å². The molecule has 4 heterocycles. The number of aliphatic carboxylic acids is 1. The Hall–Kier alpha value is -2.20. The molecule has 3 fully saturated rings. The number of pyridine rings is 1. The number of aromatic nitrogens is 1. The number of likely N-dealkylation sites (tertiary alicyclic amines) is 2. The van der Waals surface area contributed by atoms with Crippen molar-refractivity contribution in [2.24, 2.45) is 5.92 Å². The van der Waals surface area contributed by atoms with Gasteiger partial charge < -0.3 is 14.7 Å². The first-order valence-corrected chi connectivity index (χ1v) is 10.1. The number of alkyl halides is 3. The first-order valence-electron chi connectivity index (χ1n) is 10.1. The molecule has 3 saturated heterocycles. The number of hydrogen-bond donors (Lipinski definition) is 1. The smallest absolute Gasteiger partial charge is 0.475 e. The molecule has 3 aliphatic rings. The average Bonchev–Trinajstić information content (AvgIpc) is 3.39. The molecule has 30 heavy (non-hydrogen) atoms. The fourth-order valence-electron chi connectivity index (χ4n) is 4.22. The molecule has 1 aromatic rings. The normalized spacial score (nSPS) is 26.2. The van der Waals surface area contributed by atoms with Crippen LogP contribution in [0.2, 0.25) is 0 Å². The Morgan fingerprint density at radius 2 is 1.90 bits per heavy atom. The van der Waals surface area contributed by atoms with Crippen LogP contribution in [0, 0.1) is 5.92 Å². The van der Waals surface area contributed by atoms with E-state index in [1.807, 2.05) is 23.2 Å². The standard InChI is InChI=1S/C18H25N3O2.C2HF3O2/c22-18(21-7-3-4-8-21)10-16-9-14-11-20(13-17(14)23-16)12-15-5-1-2-6-19-15;3-2(4,5)1(6)7/h1-2,5-6,14,16-17H,3-4,7-13H2;(H,6,7)/t14-,16-,17+;/m0./s1. The van der Waals surface area contributed by atoms with Crippen LogP contribution in [0.1, 0.15) is 31.4 Å². The Labute approximate surface area is 172 Å². The summed E-state index contributed by atoms with van der Waals surface area (Å²) in [6.07, 6.45) is 1.12. The highest BCUT2D eigenvalue weighted by molar-refractivity contribution is 5.77. The van der Waals surface area contributed by atoms with E-state index in [9.17, 15) is 18.0 Å². The highest BCUT2D eigenvalue weighted by Crippen LogP contribution is 2.35. The summed E-state index contributed by atoms with van der Waals surface area (Å²) in [5.41, 5.74) is 1.12. The monoisotopic (exact) mass is 429 g/mol. The molecule has 3 atom stereocenters. The Morgan fingerprint density at radius 1 is 1.20 bits per heavy atom. The van der Waals surface area contributed by atoms with Gasteiger partial charge in [-0.15, -0.1) is 0 Å². The molecule has 1 amide bonds. The van der Waals surface area contributed by atoms with Gasteiger partial charge in [0.2, 0.25) is 5.91 Å². The molecular weight excluding hydrogens is 403 g/mol. The molecule has 0 aliphatic carbocycles. The molecule has 166 valence electrons. The number of carboxylic acids is 1. The first-order chi connectivity index (χ1) is 14.2. The molecule has 10 heteroatoms. The number of carboxylic acid groups (broad SMARTS) is 1. The number of ether oxygens (including phenoxy) is 1. The van der Waals surface area contributed by atoms with Crippen molar-refractivity contribution in [2.75, 3.05) is 26.2 Å². The number of amides is 1. The van der Waals surface area contributed by atoms with Gasteiger partial charge in [-0.3, -0.25) is 14.7 Å². The fraction of sp³-hybridized carbons (Fsp3) is 0.650. The largest absolute Gasteiger partial charge is 0.490 e. The van der Waals surface area contributed by atoms with Gasteiger partial charge in [-0.2, -0.15) is 13.2 Å². The van der Waals surface area contributed by atoms with Gasteiger partial charge in [-0.05, 0) is 31.4 Å². The van der Waals surface area contributed by atoms with Crippen LogP contribution in [0.25, 0.3) is 0 Å². The minimum absolute atomic E-state index is 0.134. The van der Waals surface area contributed by atoms with Gasteiger partial charge in [0.05, 0.1) is 24.3 Å². The number of halogens is 3. The van der Waals surface area contributed by atoms with E-state index >= 15 is 0 Å². The van der Waals surface area contributed by atoms with E-state index in [1.54, 1.807) is 0 Å². The van der Waals surface area contributed by atoms with Crippen molar-refractivity contribution in [3.8, 4) is 0 Å². The van der Waals surface area contributed by atoms with Crippen LogP contribution in [-0.4, -0.2) is 76.3 Å². The maximum Gasteiger partial charge on any atom is 0.490 e. The molecule has 0 saturated carbocycles. The van der Waals surface area contributed by atoms with E-state index in [0.717, 1.165) is 57.7 Å². The maximum absolute atomic E-state index is 12.3. The number of fused-ring (bicyclic) bond motifs is 1. The molecule has 0 spiro atoms. The quantitative estimate of drug-likeness (QED) is 0.791. The second-order valence-electron chi connectivity index (χ2n) is 7.90. The third-order valence-electron chi connectivity index (χ3n) is 5.60. The molecule has 3 aliphatic heterocycles. The van der Waals surface area contributed by atoms with Crippen LogP contribution >= 0.6 is 0 Å². The molecule has 4 rings (SSSR count). The summed E-state index contributed by atoms with van der Waals surface area (Å²) in [4.78, 5) is 30.0. The zero-order chi connectivity index (χ0) is 21.7. The lowest BCUT2D eigenvalue weighted by Gasteiger charge is -2.20. The summed E-state index contributed by atoms with van der Waals surface area (Å²) in [5.74, 6) is -1.89. The summed E-state index contributed by atoms with van der Waals surface area (Å²) in [5, 5.41) is 7.12. The molecule has 0 bridgehead atoms. The van der Waals surface area contributed by atoms with Crippen LogP contribution in [0.15, 0.2) is 24.4 Å². The van der Waals surface area contributed by atoms with Crippen LogP contribution < -0.4 is 0 Å². The Morgan fingerprint density at radius 3 is 2.47 bits per heavy atom. The van der Waals surface area contributed by atoms with E-state index in [4.69, 9.17) is 14.6 Å². The third kappa shape index (κ3) is 6.15. The molecule has 0 aromatic carbocycles. The maximum atomic E-state index is 12.3. The molecule has 1 aromatic heterocycles. The third-order valence-corrected chi connectivity index (χ3v) is 5.60. The predicted octanol–water partition coefficient (Wildman–Crippen LogP) is 2.32. The lowest BCUT2D eigenvalue weighted by atomic mass is 10.0. The SMILES string of the molecule is O=C(C[C@@H]1C[C@H]2CN(Cc3ccccn3)C[C@H]2O1)N1CCCC1.O=C(O)C(F)(F)F. The van der Waals surface area contributed by atoms with Gasteiger partial charge >= 0.3 is 12.1 Å². The Bertz CT molecular complexity index is 712. The topological polar surface area (TPSA) is 83.0 Å². The number of rotatable bonds is 4. The molecule has 0 radical (unpaired) electrons. The van der Waals surface area contributed by atoms with E-state index in [2.05, 4.69) is 16.0 Å². The van der Waals surface area contributed by atoms with Crippen molar-refractivity contribution in [1.82, 2.24) is 14.8 Å². The van der Waals surface area contributed by atoms with E-state index in [0.29, 0.717) is 18.4 Å². The first kappa shape index (κ1) is 22.5. The zero-order valence-electron chi connectivity index (χ0n) is 16.6. The fourth-order valence-corrected chi connectivity index (χ4v) is 4.22. The van der Waals surface area contributed by atoms with Gasteiger partial charge in [0, 0.05) is 44.8 Å². The van der Waals surface area contributed by atoms with Crippen LogP contribution in [0.5, 0.6) is 0 Å². The van der Waals surface area contributed by atoms with Crippen molar-refractivity contribution in [1.29, 1.82) is 0 Å². The van der Waals surface area contributed by atoms with Crippen LogP contribution in [0.4, 0.5) is 13.2 Å². The van der Waals surface area contributed by atoms with Crippen molar-refractivity contribution in [3.05, 3.63) is 30.1 Å². The van der Waals surface area contributed by atoms with Crippen LogP contribution in [0.3, 0.4) is 0 Å². The summed E-state index contributed by atoms with van der Waals surface area (Å²) in [7, 11) is 0.